The summed E-state index contributed by atoms with van der Waals surface area (Å²) >= 11 is 4.80. The van der Waals surface area contributed by atoms with Crippen LogP contribution in [0.2, 0.25) is 0 Å². The van der Waals surface area contributed by atoms with Gasteiger partial charge in [-0.2, -0.15) is 0 Å². The van der Waals surface area contributed by atoms with Crippen molar-refractivity contribution >= 4 is 45.0 Å². The fraction of sp³-hybridized carbons (Fsp3) is 0.167. The molecule has 0 amide bonds. The monoisotopic (exact) mass is 633 g/mol. The van der Waals surface area contributed by atoms with Gasteiger partial charge in [-0.05, 0) is 69.4 Å². The van der Waals surface area contributed by atoms with Crippen LogP contribution >= 0.6 is 27.3 Å². The largest absolute Gasteiger partial charge is 0.488 e. The maximum atomic E-state index is 13.8. The summed E-state index contributed by atoms with van der Waals surface area (Å²) in [5.74, 6) is 0.0725. The Morgan fingerprint density at radius 1 is 1.15 bits per heavy atom. The predicted octanol–water partition coefficient (Wildman–Crippen LogP) is 5.05. The first-order chi connectivity index (χ1) is 19.8. The number of allylic oxidation sites excluding steroid dienone is 1. The van der Waals surface area contributed by atoms with Crippen LogP contribution in [-0.2, 0) is 16.1 Å². The molecule has 0 saturated heterocycles. The number of ether oxygens (including phenoxy) is 2. The van der Waals surface area contributed by atoms with Crippen LogP contribution in [0.1, 0.15) is 36.1 Å². The SMILES string of the molecule is CCC1=C(C(=O)OC)[C@@H](c2ccccc2)n2c(s/c(=C\c3ccc(OCc4ccc([N+](=O)[O-])cc4)c(Br)c3)c2=O)=N1. The Kier molecular flexibility index (Phi) is 8.27. The van der Waals surface area contributed by atoms with Crippen LogP contribution in [0.5, 0.6) is 5.75 Å². The average molecular weight is 635 g/mol. The first-order valence-corrected chi connectivity index (χ1v) is 14.3. The number of nitrogens with zero attached hydrogens (tertiary/aromatic N) is 3. The fourth-order valence-electron chi connectivity index (χ4n) is 4.57. The van der Waals surface area contributed by atoms with Gasteiger partial charge in [-0.3, -0.25) is 19.5 Å². The summed E-state index contributed by atoms with van der Waals surface area (Å²) in [6.07, 6.45) is 2.29. The quantitative estimate of drug-likeness (QED) is 0.152. The van der Waals surface area contributed by atoms with Crippen molar-refractivity contribution in [2.45, 2.75) is 26.0 Å². The summed E-state index contributed by atoms with van der Waals surface area (Å²) < 4.78 is 13.7. The van der Waals surface area contributed by atoms with Gasteiger partial charge in [0, 0.05) is 12.1 Å². The lowest BCUT2D eigenvalue weighted by Crippen LogP contribution is -2.40. The minimum absolute atomic E-state index is 0.0205. The number of rotatable bonds is 8. The minimum Gasteiger partial charge on any atom is -0.488 e. The highest BCUT2D eigenvalue weighted by Gasteiger charge is 2.33. The number of halogens is 1. The molecule has 0 spiro atoms. The Labute approximate surface area is 247 Å². The van der Waals surface area contributed by atoms with Crippen LogP contribution in [0.4, 0.5) is 5.69 Å². The third kappa shape index (κ3) is 5.77. The number of methoxy groups -OCH3 is 1. The number of hydrogen-bond acceptors (Lipinski definition) is 8. The molecule has 0 radical (unpaired) electrons. The molecule has 9 nitrogen and oxygen atoms in total. The molecule has 1 aliphatic rings. The summed E-state index contributed by atoms with van der Waals surface area (Å²) in [4.78, 5) is 42.3. The maximum absolute atomic E-state index is 13.8. The van der Waals surface area contributed by atoms with Crippen molar-refractivity contribution in [3.05, 3.63) is 135 Å². The lowest BCUT2D eigenvalue weighted by Gasteiger charge is -2.25. The number of esters is 1. The first-order valence-electron chi connectivity index (χ1n) is 12.6. The molecule has 0 fully saturated rings. The van der Waals surface area contributed by atoms with E-state index in [1.165, 1.54) is 30.6 Å². The van der Waals surface area contributed by atoms with E-state index >= 15 is 0 Å². The van der Waals surface area contributed by atoms with Crippen LogP contribution in [-0.4, -0.2) is 22.6 Å². The Morgan fingerprint density at radius 2 is 1.88 bits per heavy atom. The minimum atomic E-state index is -0.654. The number of benzene rings is 3. The van der Waals surface area contributed by atoms with E-state index in [0.717, 1.165) is 16.7 Å². The molecule has 0 unspecified atom stereocenters. The van der Waals surface area contributed by atoms with Gasteiger partial charge in [0.05, 0.1) is 38.4 Å². The number of non-ortho nitro benzene ring substituents is 1. The molecule has 5 rings (SSSR count). The van der Waals surface area contributed by atoms with Crippen molar-refractivity contribution in [2.24, 2.45) is 4.99 Å². The molecule has 0 bridgehead atoms. The van der Waals surface area contributed by atoms with E-state index in [2.05, 4.69) is 20.9 Å². The number of nitro groups is 1. The molecule has 0 N–H and O–H groups in total. The predicted molar refractivity (Wildman–Crippen MR) is 158 cm³/mol. The van der Waals surface area contributed by atoms with Gasteiger partial charge < -0.3 is 9.47 Å². The molecule has 41 heavy (non-hydrogen) atoms. The second-order valence-corrected chi connectivity index (χ2v) is 11.0. The van der Waals surface area contributed by atoms with E-state index in [-0.39, 0.29) is 17.9 Å². The number of hydrogen-bond donors (Lipinski definition) is 0. The van der Waals surface area contributed by atoms with Crippen molar-refractivity contribution in [3.63, 3.8) is 0 Å². The molecule has 2 heterocycles. The first kappa shape index (κ1) is 28.2. The Bertz CT molecular complexity index is 1850. The molecule has 4 aromatic rings. The molecular formula is C30H24BrN3O6S. The van der Waals surface area contributed by atoms with Gasteiger partial charge in [-0.15, -0.1) is 0 Å². The summed E-state index contributed by atoms with van der Waals surface area (Å²) in [7, 11) is 1.33. The zero-order chi connectivity index (χ0) is 29.1. The second-order valence-electron chi connectivity index (χ2n) is 9.10. The third-order valence-corrected chi connectivity index (χ3v) is 8.16. The van der Waals surface area contributed by atoms with Crippen molar-refractivity contribution in [2.75, 3.05) is 7.11 Å². The number of thiazole rings is 1. The summed E-state index contributed by atoms with van der Waals surface area (Å²) in [5.41, 5.74) is 3.06. The Balaban J connectivity index is 1.48. The molecule has 3 aromatic carbocycles. The highest BCUT2D eigenvalue weighted by Crippen LogP contribution is 2.32. The van der Waals surface area contributed by atoms with Gasteiger partial charge in [0.15, 0.2) is 4.80 Å². The number of aromatic nitrogens is 1. The topological polar surface area (TPSA) is 113 Å². The number of carbonyl (C=O) groups is 1. The molecule has 208 valence electrons. The summed E-state index contributed by atoms with van der Waals surface area (Å²) in [6.45, 7) is 2.15. The summed E-state index contributed by atoms with van der Waals surface area (Å²) in [5, 5.41) is 10.9. The van der Waals surface area contributed by atoms with E-state index in [1.54, 1.807) is 28.8 Å². The van der Waals surface area contributed by atoms with Crippen molar-refractivity contribution < 1.29 is 19.2 Å². The van der Waals surface area contributed by atoms with Crippen molar-refractivity contribution in [1.29, 1.82) is 0 Å². The van der Waals surface area contributed by atoms with Gasteiger partial charge in [-0.25, -0.2) is 9.79 Å². The Hall–Kier alpha value is -4.35. The van der Waals surface area contributed by atoms with E-state index in [0.29, 0.717) is 37.2 Å². The molecule has 0 aliphatic carbocycles. The van der Waals surface area contributed by atoms with Gasteiger partial charge >= 0.3 is 5.97 Å². The average Bonchev–Trinajstić information content (AvgIpc) is 3.30. The van der Waals surface area contributed by atoms with Crippen molar-refractivity contribution in [1.82, 2.24) is 4.57 Å². The van der Waals surface area contributed by atoms with Gasteiger partial charge in [0.25, 0.3) is 11.2 Å². The normalized spacial score (nSPS) is 14.8. The van der Waals surface area contributed by atoms with E-state index < -0.39 is 16.9 Å². The molecule has 0 saturated carbocycles. The number of nitro benzene ring substituents is 1. The summed E-state index contributed by atoms with van der Waals surface area (Å²) in [6, 6.07) is 20.4. The second kappa shape index (κ2) is 12.0. The molecule has 11 heteroatoms. The van der Waals surface area contributed by atoms with Gasteiger partial charge in [0.1, 0.15) is 12.4 Å². The highest BCUT2D eigenvalue weighted by atomic mass is 79.9. The lowest BCUT2D eigenvalue weighted by atomic mass is 9.95. The van der Waals surface area contributed by atoms with E-state index in [9.17, 15) is 19.7 Å². The highest BCUT2D eigenvalue weighted by molar-refractivity contribution is 9.10. The van der Waals surface area contributed by atoms with Crippen LogP contribution in [0.3, 0.4) is 0 Å². The standard InChI is InChI=1S/C30H24BrN3O6S/c1-3-23-26(29(36)39-2)27(20-7-5-4-6-8-20)33-28(35)25(41-30(33)32-23)16-19-11-14-24(22(31)15-19)40-17-18-9-12-21(13-10-18)34(37)38/h4-16,27H,3,17H2,1-2H3/b25-16-/t27-/m1/s1. The van der Waals surface area contributed by atoms with Crippen LogP contribution < -0.4 is 19.6 Å². The number of fused-ring (bicyclic) bond motifs is 1. The molecule has 1 aliphatic heterocycles. The number of carbonyl (C=O) groups excluding carboxylic acids is 1. The zero-order valence-electron chi connectivity index (χ0n) is 22.1. The van der Waals surface area contributed by atoms with Crippen molar-refractivity contribution in [3.8, 4) is 5.75 Å². The zero-order valence-corrected chi connectivity index (χ0v) is 24.5. The van der Waals surface area contributed by atoms with Gasteiger partial charge in [0.2, 0.25) is 0 Å². The fourth-order valence-corrected chi connectivity index (χ4v) is 6.10. The molecular weight excluding hydrogens is 610 g/mol. The lowest BCUT2D eigenvalue weighted by molar-refractivity contribution is -0.384. The van der Waals surface area contributed by atoms with Crippen LogP contribution in [0.25, 0.3) is 6.08 Å². The van der Waals surface area contributed by atoms with Crippen LogP contribution in [0, 0.1) is 10.1 Å². The molecule has 1 aromatic heterocycles. The van der Waals surface area contributed by atoms with E-state index in [4.69, 9.17) is 9.47 Å². The molecule has 1 atom stereocenters. The smallest absolute Gasteiger partial charge is 0.338 e. The van der Waals surface area contributed by atoms with Crippen LogP contribution in [0.15, 0.2) is 98.3 Å². The Morgan fingerprint density at radius 3 is 2.51 bits per heavy atom. The van der Waals surface area contributed by atoms with E-state index in [1.807, 2.05) is 49.4 Å². The van der Waals surface area contributed by atoms with Gasteiger partial charge in [-0.1, -0.05) is 54.7 Å². The maximum Gasteiger partial charge on any atom is 0.338 e. The third-order valence-electron chi connectivity index (χ3n) is 6.56.